The highest BCUT2D eigenvalue weighted by Gasteiger charge is 2.32. The predicted molar refractivity (Wildman–Crippen MR) is 86.3 cm³/mol. The van der Waals surface area contributed by atoms with Gasteiger partial charge in [0, 0.05) is 16.9 Å². The van der Waals surface area contributed by atoms with Crippen LogP contribution in [0.5, 0.6) is 5.75 Å². The van der Waals surface area contributed by atoms with Crippen molar-refractivity contribution in [1.82, 2.24) is 4.98 Å². The van der Waals surface area contributed by atoms with Crippen molar-refractivity contribution in [2.75, 3.05) is 18.9 Å². The molecular formula is C14H17N2O4PS. The Morgan fingerprint density at radius 1 is 1.32 bits per heavy atom. The van der Waals surface area contributed by atoms with Gasteiger partial charge < -0.3 is 10.3 Å². The lowest BCUT2D eigenvalue weighted by atomic mass is 10.1. The third-order valence-corrected chi connectivity index (χ3v) is 5.65. The van der Waals surface area contributed by atoms with Gasteiger partial charge in [0.15, 0.2) is 5.13 Å². The van der Waals surface area contributed by atoms with Crippen molar-refractivity contribution in [2.24, 2.45) is 0 Å². The Kier molecular flexibility index (Phi) is 4.23. The van der Waals surface area contributed by atoms with Crippen molar-refractivity contribution >= 4 is 24.3 Å². The number of hydrogen-bond acceptors (Lipinski definition) is 7. The van der Waals surface area contributed by atoms with Crippen LogP contribution in [-0.2, 0) is 20.0 Å². The number of nitrogens with zero attached hydrogens (tertiary/aromatic N) is 1. The zero-order valence-electron chi connectivity index (χ0n) is 12.4. The van der Waals surface area contributed by atoms with Crippen LogP contribution >= 0.6 is 19.2 Å². The molecular weight excluding hydrogens is 323 g/mol. The zero-order valence-corrected chi connectivity index (χ0v) is 14.1. The van der Waals surface area contributed by atoms with Crippen LogP contribution in [0.1, 0.15) is 24.3 Å². The number of nitrogen functional groups attached to an aromatic ring is 1. The van der Waals surface area contributed by atoms with Crippen molar-refractivity contribution in [1.29, 1.82) is 0 Å². The van der Waals surface area contributed by atoms with Gasteiger partial charge in [-0.2, -0.15) is 0 Å². The van der Waals surface area contributed by atoms with Crippen LogP contribution in [0.25, 0.3) is 11.3 Å². The van der Waals surface area contributed by atoms with Crippen LogP contribution in [0, 0.1) is 0 Å². The lowest BCUT2D eigenvalue weighted by Gasteiger charge is -2.18. The lowest BCUT2D eigenvalue weighted by molar-refractivity contribution is 0.168. The van der Waals surface area contributed by atoms with Crippen molar-refractivity contribution < 1.29 is 18.1 Å². The van der Waals surface area contributed by atoms with Crippen LogP contribution in [-0.4, -0.2) is 18.2 Å². The van der Waals surface area contributed by atoms with E-state index in [0.717, 1.165) is 28.1 Å². The van der Waals surface area contributed by atoms with E-state index in [1.165, 1.54) is 11.3 Å². The summed E-state index contributed by atoms with van der Waals surface area (Å²) in [7, 11) is -3.63. The summed E-state index contributed by atoms with van der Waals surface area (Å²) in [5.74, 6) is 0.451. The minimum atomic E-state index is -3.63. The molecule has 0 spiro atoms. The van der Waals surface area contributed by atoms with Crippen LogP contribution in [0.3, 0.4) is 0 Å². The summed E-state index contributed by atoms with van der Waals surface area (Å²) in [4.78, 5) is 5.45. The standard InChI is InChI=1S/C14H17N2O4PS/c1-3-18-21(17,19-4-2)20-10-7-5-6-9-8-11-13(12(9)10)16-14(15)22-11/h5-7H,3-4,8H2,1-2H3,(H2,15,16). The topological polar surface area (TPSA) is 83.7 Å². The third-order valence-electron chi connectivity index (χ3n) is 3.20. The first-order valence-electron chi connectivity index (χ1n) is 7.02. The average molecular weight is 340 g/mol. The van der Waals surface area contributed by atoms with Crippen LogP contribution < -0.4 is 10.3 Å². The number of phosphoric ester groups is 1. The molecule has 118 valence electrons. The molecule has 8 heteroatoms. The van der Waals surface area contributed by atoms with E-state index in [4.69, 9.17) is 19.3 Å². The van der Waals surface area contributed by atoms with Gasteiger partial charge in [0.1, 0.15) is 5.75 Å². The normalized spacial score (nSPS) is 13.0. The predicted octanol–water partition coefficient (Wildman–Crippen LogP) is 3.86. The van der Waals surface area contributed by atoms with Crippen molar-refractivity contribution in [2.45, 2.75) is 20.3 Å². The second kappa shape index (κ2) is 6.01. The summed E-state index contributed by atoms with van der Waals surface area (Å²) in [6.07, 6.45) is 0.754. The van der Waals surface area contributed by atoms with Crippen molar-refractivity contribution in [3.63, 3.8) is 0 Å². The molecule has 0 atom stereocenters. The minimum absolute atomic E-state index is 0.237. The highest BCUT2D eigenvalue weighted by Crippen LogP contribution is 2.53. The van der Waals surface area contributed by atoms with Gasteiger partial charge in [0.25, 0.3) is 0 Å². The van der Waals surface area contributed by atoms with E-state index in [2.05, 4.69) is 4.98 Å². The number of nitrogens with two attached hydrogens (primary N) is 1. The smallest absolute Gasteiger partial charge is 0.403 e. The van der Waals surface area contributed by atoms with E-state index in [1.54, 1.807) is 19.9 Å². The second-order valence-corrected chi connectivity index (χ2v) is 7.37. The molecule has 22 heavy (non-hydrogen) atoms. The fourth-order valence-electron chi connectivity index (χ4n) is 2.45. The first-order chi connectivity index (χ1) is 10.6. The number of benzene rings is 1. The number of hydrogen-bond donors (Lipinski definition) is 1. The fraction of sp³-hybridized carbons (Fsp3) is 0.357. The summed E-state index contributed by atoms with van der Waals surface area (Å²) in [5, 5.41) is 0.517. The number of phosphoric acid groups is 1. The first kappa shape index (κ1) is 15.5. The quantitative estimate of drug-likeness (QED) is 0.686. The Morgan fingerprint density at radius 2 is 2.05 bits per heavy atom. The van der Waals surface area contributed by atoms with Gasteiger partial charge in [0.05, 0.1) is 18.9 Å². The molecule has 1 aromatic carbocycles. The van der Waals surface area contributed by atoms with Gasteiger partial charge in [-0.1, -0.05) is 12.1 Å². The number of fused-ring (bicyclic) bond motifs is 3. The largest absolute Gasteiger partial charge is 0.530 e. The summed E-state index contributed by atoms with van der Waals surface area (Å²) < 4.78 is 28.6. The highest BCUT2D eigenvalue weighted by atomic mass is 32.1. The molecule has 2 N–H and O–H groups in total. The molecule has 3 rings (SSSR count). The summed E-state index contributed by atoms with van der Waals surface area (Å²) in [6, 6.07) is 5.60. The monoisotopic (exact) mass is 340 g/mol. The second-order valence-electron chi connectivity index (χ2n) is 4.66. The van der Waals surface area contributed by atoms with Crippen molar-refractivity contribution in [3.8, 4) is 17.0 Å². The average Bonchev–Trinajstić information content (AvgIpc) is 2.95. The van der Waals surface area contributed by atoms with E-state index in [9.17, 15) is 4.57 Å². The number of aromatic nitrogens is 1. The molecule has 0 bridgehead atoms. The zero-order chi connectivity index (χ0) is 15.7. The molecule has 2 aromatic rings. The van der Waals surface area contributed by atoms with Crippen LogP contribution in [0.15, 0.2) is 18.2 Å². The molecule has 0 unspecified atom stereocenters. The number of rotatable bonds is 6. The maximum absolute atomic E-state index is 12.6. The van der Waals surface area contributed by atoms with E-state index in [1.807, 2.05) is 12.1 Å². The third kappa shape index (κ3) is 2.77. The lowest BCUT2D eigenvalue weighted by Crippen LogP contribution is -2.03. The maximum atomic E-state index is 12.6. The Balaban J connectivity index is 2.00. The van der Waals surface area contributed by atoms with Gasteiger partial charge in [-0.25, -0.2) is 9.55 Å². The van der Waals surface area contributed by atoms with Gasteiger partial charge in [-0.05, 0) is 25.5 Å². The number of anilines is 1. The molecule has 1 aliphatic rings. The van der Waals surface area contributed by atoms with E-state index in [-0.39, 0.29) is 13.2 Å². The molecule has 0 fully saturated rings. The van der Waals surface area contributed by atoms with E-state index >= 15 is 0 Å². The summed E-state index contributed by atoms with van der Waals surface area (Å²) in [5.41, 5.74) is 8.48. The van der Waals surface area contributed by atoms with Gasteiger partial charge in [0.2, 0.25) is 0 Å². The highest BCUT2D eigenvalue weighted by molar-refractivity contribution is 7.48. The molecule has 0 saturated carbocycles. The molecule has 6 nitrogen and oxygen atoms in total. The maximum Gasteiger partial charge on any atom is 0.530 e. The van der Waals surface area contributed by atoms with Crippen LogP contribution in [0.2, 0.25) is 0 Å². The van der Waals surface area contributed by atoms with Gasteiger partial charge >= 0.3 is 7.82 Å². The number of thiazole rings is 1. The first-order valence-corrected chi connectivity index (χ1v) is 9.30. The molecule has 1 aliphatic carbocycles. The summed E-state index contributed by atoms with van der Waals surface area (Å²) >= 11 is 1.46. The Labute approximate surface area is 132 Å². The minimum Gasteiger partial charge on any atom is -0.403 e. The summed E-state index contributed by atoms with van der Waals surface area (Å²) in [6.45, 7) is 3.95. The van der Waals surface area contributed by atoms with Gasteiger partial charge in [-0.15, -0.1) is 11.3 Å². The molecule has 1 aromatic heterocycles. The SMILES string of the molecule is CCOP(=O)(OCC)Oc1cccc2c1-c1nc(N)sc1C2. The molecule has 0 saturated heterocycles. The van der Waals surface area contributed by atoms with Crippen LogP contribution in [0.4, 0.5) is 5.13 Å². The Morgan fingerprint density at radius 3 is 2.73 bits per heavy atom. The fourth-order valence-corrected chi connectivity index (χ4v) is 4.52. The molecule has 0 amide bonds. The van der Waals surface area contributed by atoms with Crippen molar-refractivity contribution in [3.05, 3.63) is 28.6 Å². The molecule has 0 radical (unpaired) electrons. The van der Waals surface area contributed by atoms with Gasteiger partial charge in [-0.3, -0.25) is 9.05 Å². The Bertz CT molecular complexity index is 736. The molecule has 0 aliphatic heterocycles. The van der Waals surface area contributed by atoms with E-state index in [0.29, 0.717) is 10.9 Å². The van der Waals surface area contributed by atoms with E-state index < -0.39 is 7.82 Å². The Hall–Kier alpha value is -1.40. The molecule has 1 heterocycles.